The number of rotatable bonds is 11. The zero-order chi connectivity index (χ0) is 29.3. The summed E-state index contributed by atoms with van der Waals surface area (Å²) in [6.07, 6.45) is 12.2. The Balaban J connectivity index is 1.19. The van der Waals surface area contributed by atoms with E-state index in [1.54, 1.807) is 0 Å². The van der Waals surface area contributed by atoms with Gasteiger partial charge in [0.2, 0.25) is 0 Å². The summed E-state index contributed by atoms with van der Waals surface area (Å²) in [5, 5.41) is 16.4. The Morgan fingerprint density at radius 3 is 1.95 bits per heavy atom. The van der Waals surface area contributed by atoms with E-state index in [2.05, 4.69) is 109 Å². The summed E-state index contributed by atoms with van der Waals surface area (Å²) in [6, 6.07) is 21.8. The van der Waals surface area contributed by atoms with Crippen LogP contribution in [0.1, 0.15) is 37.0 Å². The molecular formula is C36H39N5O2. The van der Waals surface area contributed by atoms with Crippen molar-refractivity contribution in [3.63, 3.8) is 0 Å². The molecule has 1 aromatic heterocycles. The van der Waals surface area contributed by atoms with Gasteiger partial charge in [0.1, 0.15) is 12.2 Å². The third-order valence-corrected chi connectivity index (χ3v) is 8.40. The number of aryl methyl sites for hydroxylation is 2. The fraction of sp³-hybridized carbons (Fsp3) is 0.333. The summed E-state index contributed by atoms with van der Waals surface area (Å²) < 4.78 is 13.4. The molecule has 43 heavy (non-hydrogen) atoms. The maximum Gasteiger partial charge on any atom is 0.101 e. The molecule has 1 aliphatic carbocycles. The molecule has 7 rings (SSSR count). The van der Waals surface area contributed by atoms with Gasteiger partial charge < -0.3 is 14.0 Å². The molecule has 0 bridgehead atoms. The zero-order valence-corrected chi connectivity index (χ0v) is 25.2. The lowest BCUT2D eigenvalue weighted by atomic mass is 10.0. The largest absolute Gasteiger partial charge is 0.371 e. The molecule has 3 heterocycles. The van der Waals surface area contributed by atoms with Crippen molar-refractivity contribution in [1.82, 2.24) is 9.58 Å². The summed E-state index contributed by atoms with van der Waals surface area (Å²) in [7, 11) is 0. The first-order chi connectivity index (χ1) is 21.0. The first-order valence-electron chi connectivity index (χ1n) is 15.4. The molecule has 3 unspecified atom stereocenters. The summed E-state index contributed by atoms with van der Waals surface area (Å²) in [6.45, 7) is 10.6. The van der Waals surface area contributed by atoms with Crippen LogP contribution in [0.4, 0.5) is 5.69 Å². The normalized spacial score (nSPS) is 21.3. The number of fused-ring (bicyclic) bond motifs is 3. The van der Waals surface area contributed by atoms with Crippen molar-refractivity contribution < 1.29 is 9.47 Å². The van der Waals surface area contributed by atoms with Crippen LogP contribution in [0, 0.1) is 12.8 Å². The summed E-state index contributed by atoms with van der Waals surface area (Å²) >= 11 is 0. The van der Waals surface area contributed by atoms with E-state index in [1.165, 1.54) is 27.4 Å². The standard InChI is InChI=1S/C36H39N5O2/c1-4-39-35-15-9-27(19-37-40(21-31-23-42-31)29-11-5-25(2)6-12-29)17-33(35)34-18-28(10-16-36(34)39)20-38-41(22-32-24-43-32)30-13-7-26(3)8-14-30/h5-7,9-20,26,31-32H,4,8,21-24H2,1-3H3/b37-19+,38-20+. The van der Waals surface area contributed by atoms with Crippen LogP contribution in [0.25, 0.3) is 21.8 Å². The number of hydrogen-bond acceptors (Lipinski definition) is 6. The van der Waals surface area contributed by atoms with Gasteiger partial charge in [-0.1, -0.05) is 48.9 Å². The van der Waals surface area contributed by atoms with Gasteiger partial charge in [-0.3, -0.25) is 10.0 Å². The summed E-state index contributed by atoms with van der Waals surface area (Å²) in [4.78, 5) is 0. The van der Waals surface area contributed by atoms with Gasteiger partial charge in [-0.25, -0.2) is 0 Å². The molecule has 2 aliphatic heterocycles. The highest BCUT2D eigenvalue weighted by atomic mass is 16.6. The van der Waals surface area contributed by atoms with E-state index in [0.717, 1.165) is 61.8 Å². The van der Waals surface area contributed by atoms with Crippen molar-refractivity contribution in [2.45, 2.75) is 45.9 Å². The maximum atomic E-state index is 5.53. The Labute approximate surface area is 253 Å². The lowest BCUT2D eigenvalue weighted by Gasteiger charge is -2.22. The Kier molecular flexibility index (Phi) is 7.59. The van der Waals surface area contributed by atoms with Crippen molar-refractivity contribution in [2.75, 3.05) is 31.3 Å². The number of aromatic nitrogens is 1. The van der Waals surface area contributed by atoms with E-state index >= 15 is 0 Å². The van der Waals surface area contributed by atoms with E-state index in [-0.39, 0.29) is 12.2 Å². The average Bonchev–Trinajstić information content (AvgIpc) is 3.97. The summed E-state index contributed by atoms with van der Waals surface area (Å²) in [5.74, 6) is 0.567. The number of epoxide rings is 2. The van der Waals surface area contributed by atoms with Gasteiger partial charge in [0, 0.05) is 28.4 Å². The van der Waals surface area contributed by atoms with Crippen molar-refractivity contribution in [1.29, 1.82) is 0 Å². The first-order valence-corrected chi connectivity index (χ1v) is 15.4. The number of hydrazone groups is 2. The summed E-state index contributed by atoms with van der Waals surface area (Å²) in [5.41, 5.74) is 8.05. The SMILES string of the molecule is CCn1c2ccc(/C=N/N(CC3CO3)C3=CCC(C)C=C3)cc2c2cc(/C=N/N(CC3CO3)c3ccc(C)cc3)ccc21. The second kappa shape index (κ2) is 11.8. The van der Waals surface area contributed by atoms with Gasteiger partial charge in [0.15, 0.2) is 0 Å². The molecule has 220 valence electrons. The molecule has 3 aliphatic rings. The van der Waals surface area contributed by atoms with Crippen LogP contribution in [-0.4, -0.2) is 60.5 Å². The molecule has 0 N–H and O–H groups in total. The van der Waals surface area contributed by atoms with E-state index in [9.17, 15) is 0 Å². The highest BCUT2D eigenvalue weighted by Gasteiger charge is 2.27. The Morgan fingerprint density at radius 1 is 0.837 bits per heavy atom. The van der Waals surface area contributed by atoms with E-state index in [0.29, 0.717) is 5.92 Å². The number of anilines is 1. The highest BCUT2D eigenvalue weighted by molar-refractivity contribution is 6.10. The van der Waals surface area contributed by atoms with E-state index in [1.807, 2.05) is 17.4 Å². The van der Waals surface area contributed by atoms with Crippen molar-refractivity contribution in [3.8, 4) is 0 Å². The topological polar surface area (TPSA) is 61.2 Å². The first kappa shape index (κ1) is 27.6. The van der Waals surface area contributed by atoms with Crippen LogP contribution >= 0.6 is 0 Å². The van der Waals surface area contributed by atoms with Crippen molar-refractivity contribution in [2.24, 2.45) is 16.1 Å². The monoisotopic (exact) mass is 573 g/mol. The number of hydrogen-bond donors (Lipinski definition) is 0. The Hall–Kier alpha value is -4.20. The third kappa shape index (κ3) is 6.28. The number of allylic oxidation sites excluding steroid dienone is 3. The molecule has 2 fully saturated rings. The number of nitrogens with zero attached hydrogens (tertiary/aromatic N) is 5. The minimum atomic E-state index is 0.241. The lowest BCUT2D eigenvalue weighted by molar-refractivity contribution is 0.306. The molecule has 3 atom stereocenters. The van der Waals surface area contributed by atoms with E-state index in [4.69, 9.17) is 19.7 Å². The molecule has 0 saturated carbocycles. The van der Waals surface area contributed by atoms with Crippen LogP contribution < -0.4 is 5.01 Å². The molecule has 7 nitrogen and oxygen atoms in total. The van der Waals surface area contributed by atoms with Gasteiger partial charge >= 0.3 is 0 Å². The smallest absolute Gasteiger partial charge is 0.101 e. The van der Waals surface area contributed by atoms with Gasteiger partial charge in [0.25, 0.3) is 0 Å². The van der Waals surface area contributed by atoms with Crippen LogP contribution in [0.5, 0.6) is 0 Å². The van der Waals surface area contributed by atoms with Gasteiger partial charge in [-0.2, -0.15) is 10.2 Å². The van der Waals surface area contributed by atoms with Gasteiger partial charge in [0.05, 0.1) is 50.1 Å². The van der Waals surface area contributed by atoms with Crippen LogP contribution in [0.15, 0.2) is 94.8 Å². The van der Waals surface area contributed by atoms with Gasteiger partial charge in [-0.15, -0.1) is 0 Å². The average molecular weight is 574 g/mol. The molecule has 0 radical (unpaired) electrons. The van der Waals surface area contributed by atoms with Crippen LogP contribution in [0.3, 0.4) is 0 Å². The van der Waals surface area contributed by atoms with Crippen molar-refractivity contribution >= 4 is 39.9 Å². The predicted molar refractivity (Wildman–Crippen MR) is 176 cm³/mol. The molecule has 2 saturated heterocycles. The maximum absolute atomic E-state index is 5.53. The molecular weight excluding hydrogens is 534 g/mol. The molecule has 7 heteroatoms. The zero-order valence-electron chi connectivity index (χ0n) is 25.2. The second-order valence-electron chi connectivity index (χ2n) is 11.9. The second-order valence-corrected chi connectivity index (χ2v) is 11.9. The molecule has 0 amide bonds. The Morgan fingerprint density at radius 2 is 1.42 bits per heavy atom. The third-order valence-electron chi connectivity index (χ3n) is 8.40. The molecule has 0 spiro atoms. The van der Waals surface area contributed by atoms with Crippen molar-refractivity contribution in [3.05, 3.63) is 101 Å². The fourth-order valence-electron chi connectivity index (χ4n) is 5.71. The number of ether oxygens (including phenoxy) is 2. The minimum absolute atomic E-state index is 0.241. The van der Waals surface area contributed by atoms with Crippen LogP contribution in [0.2, 0.25) is 0 Å². The lowest BCUT2D eigenvalue weighted by Crippen LogP contribution is -2.22. The fourth-order valence-corrected chi connectivity index (χ4v) is 5.71. The molecule has 3 aromatic carbocycles. The van der Waals surface area contributed by atoms with Gasteiger partial charge in [-0.05, 0) is 79.8 Å². The Bertz CT molecular complexity index is 1740. The van der Waals surface area contributed by atoms with Crippen LogP contribution in [-0.2, 0) is 16.0 Å². The molecule has 4 aromatic rings. The highest BCUT2D eigenvalue weighted by Crippen LogP contribution is 2.31. The predicted octanol–water partition coefficient (Wildman–Crippen LogP) is 6.88. The van der Waals surface area contributed by atoms with E-state index < -0.39 is 0 Å². The number of benzene rings is 3. The quantitative estimate of drug-likeness (QED) is 0.112. The minimum Gasteiger partial charge on any atom is -0.371 e.